The molecule has 1 rings (SSSR count). The molecule has 0 saturated carbocycles. The van der Waals surface area contributed by atoms with Crippen LogP contribution in [0.3, 0.4) is 0 Å². The Hall–Kier alpha value is -0.900. The van der Waals surface area contributed by atoms with Gasteiger partial charge in [0.1, 0.15) is 0 Å². The summed E-state index contributed by atoms with van der Waals surface area (Å²) in [7, 11) is 0. The third-order valence-electron chi connectivity index (χ3n) is 2.45. The maximum Gasteiger partial charge on any atom is 0.0745 e. The van der Waals surface area contributed by atoms with E-state index in [0.29, 0.717) is 4.99 Å². The number of thiocarbonyl (C=S) groups is 1. The van der Waals surface area contributed by atoms with Gasteiger partial charge in [0.05, 0.1) is 10.7 Å². The van der Waals surface area contributed by atoms with Crippen molar-refractivity contribution in [2.24, 2.45) is 5.73 Å². The molecule has 2 N–H and O–H groups in total. The number of hydrogen-bond donors (Lipinski definition) is 1. The first kappa shape index (κ1) is 11.2. The fraction of sp³-hybridized carbons (Fsp3) is 0.600. The molecule has 3 nitrogen and oxygen atoms in total. The van der Waals surface area contributed by atoms with Gasteiger partial charge in [-0.2, -0.15) is 5.10 Å². The van der Waals surface area contributed by atoms with Gasteiger partial charge in [-0.3, -0.25) is 4.68 Å². The molecule has 0 amide bonds. The summed E-state index contributed by atoms with van der Waals surface area (Å²) < 4.78 is 1.99. The van der Waals surface area contributed by atoms with E-state index >= 15 is 0 Å². The molecule has 0 aromatic carbocycles. The molecule has 0 saturated heterocycles. The highest BCUT2D eigenvalue weighted by Crippen LogP contribution is 2.13. The van der Waals surface area contributed by atoms with E-state index in [1.54, 1.807) is 0 Å². The Balaban J connectivity index is 2.83. The van der Waals surface area contributed by atoms with Crippen molar-refractivity contribution in [3.63, 3.8) is 0 Å². The summed E-state index contributed by atoms with van der Waals surface area (Å²) in [4.78, 5) is 0.551. The third-order valence-corrected chi connectivity index (χ3v) is 2.66. The van der Waals surface area contributed by atoms with Crippen LogP contribution >= 0.6 is 12.2 Å². The van der Waals surface area contributed by atoms with E-state index in [1.807, 2.05) is 11.6 Å². The van der Waals surface area contributed by atoms with Crippen molar-refractivity contribution >= 4 is 17.2 Å². The van der Waals surface area contributed by atoms with Gasteiger partial charge < -0.3 is 5.73 Å². The predicted octanol–water partition coefficient (Wildman–Crippen LogP) is 1.74. The van der Waals surface area contributed by atoms with Crippen molar-refractivity contribution in [1.82, 2.24) is 9.78 Å². The quantitative estimate of drug-likeness (QED) is 0.771. The van der Waals surface area contributed by atoms with Crippen molar-refractivity contribution in [2.75, 3.05) is 0 Å². The van der Waals surface area contributed by atoms with E-state index in [4.69, 9.17) is 18.0 Å². The number of nitrogens with two attached hydrogens (primary N) is 1. The molecule has 0 aliphatic rings. The number of hydrogen-bond acceptors (Lipinski definition) is 2. The molecule has 0 spiro atoms. The monoisotopic (exact) mass is 211 g/mol. The molecule has 0 unspecified atom stereocenters. The van der Waals surface area contributed by atoms with Crippen LogP contribution in [0.4, 0.5) is 0 Å². The zero-order valence-electron chi connectivity index (χ0n) is 9.00. The van der Waals surface area contributed by atoms with Crippen molar-refractivity contribution < 1.29 is 0 Å². The minimum absolute atomic E-state index is 0.551. The van der Waals surface area contributed by atoms with Gasteiger partial charge in [-0.05, 0) is 25.8 Å². The second-order valence-electron chi connectivity index (χ2n) is 3.44. The Morgan fingerprint density at radius 2 is 2.14 bits per heavy atom. The van der Waals surface area contributed by atoms with E-state index in [-0.39, 0.29) is 0 Å². The second kappa shape index (κ2) is 4.55. The predicted molar refractivity (Wildman–Crippen MR) is 62.5 cm³/mol. The number of aryl methyl sites for hydroxylation is 2. The van der Waals surface area contributed by atoms with Gasteiger partial charge in [-0.1, -0.05) is 19.1 Å². The lowest BCUT2D eigenvalue weighted by Gasteiger charge is -2.03. The van der Waals surface area contributed by atoms with E-state index in [0.717, 1.165) is 25.1 Å². The van der Waals surface area contributed by atoms with Crippen LogP contribution in [-0.4, -0.2) is 14.8 Å². The van der Waals surface area contributed by atoms with E-state index < -0.39 is 0 Å². The van der Waals surface area contributed by atoms with E-state index in [2.05, 4.69) is 18.9 Å². The highest BCUT2D eigenvalue weighted by Gasteiger charge is 2.08. The Kier molecular flexibility index (Phi) is 3.63. The normalized spacial score (nSPS) is 10.5. The molecule has 1 heterocycles. The minimum Gasteiger partial charge on any atom is -0.393 e. The van der Waals surface area contributed by atoms with Crippen LogP contribution in [0.5, 0.6) is 0 Å². The smallest absolute Gasteiger partial charge is 0.0745 e. The lowest BCUT2D eigenvalue weighted by atomic mass is 10.1. The first-order valence-corrected chi connectivity index (χ1v) is 5.28. The molecule has 0 fully saturated rings. The van der Waals surface area contributed by atoms with Crippen LogP contribution in [0, 0.1) is 13.8 Å². The molecule has 1 aromatic rings. The van der Waals surface area contributed by atoms with Gasteiger partial charge in [0.2, 0.25) is 0 Å². The minimum atomic E-state index is 0.551. The van der Waals surface area contributed by atoms with Crippen LogP contribution in [0.2, 0.25) is 0 Å². The summed E-state index contributed by atoms with van der Waals surface area (Å²) in [5.74, 6) is 0. The molecular formula is C10H17N3S. The standard InChI is InChI=1S/C10H17N3S/c1-4-9-7(2)12-13(8(9)3)6-5-10(11)14/h4-6H2,1-3H3,(H2,11,14). The van der Waals surface area contributed by atoms with E-state index in [9.17, 15) is 0 Å². The van der Waals surface area contributed by atoms with Crippen LogP contribution < -0.4 is 5.73 Å². The average molecular weight is 211 g/mol. The summed E-state index contributed by atoms with van der Waals surface area (Å²) in [5.41, 5.74) is 9.15. The van der Waals surface area contributed by atoms with Crippen molar-refractivity contribution in [3.8, 4) is 0 Å². The molecule has 0 bridgehead atoms. The number of aromatic nitrogens is 2. The van der Waals surface area contributed by atoms with Crippen molar-refractivity contribution in [2.45, 2.75) is 40.2 Å². The van der Waals surface area contributed by atoms with E-state index in [1.165, 1.54) is 11.3 Å². The molecular weight excluding hydrogens is 194 g/mol. The third kappa shape index (κ3) is 2.32. The van der Waals surface area contributed by atoms with Crippen LogP contribution in [0.1, 0.15) is 30.3 Å². The first-order chi connectivity index (χ1) is 6.56. The largest absolute Gasteiger partial charge is 0.393 e. The highest BCUT2D eigenvalue weighted by molar-refractivity contribution is 7.80. The molecule has 0 atom stereocenters. The lowest BCUT2D eigenvalue weighted by molar-refractivity contribution is 0.611. The summed E-state index contributed by atoms with van der Waals surface area (Å²) in [6.45, 7) is 7.08. The van der Waals surface area contributed by atoms with Gasteiger partial charge in [0.25, 0.3) is 0 Å². The summed E-state index contributed by atoms with van der Waals surface area (Å²) >= 11 is 4.84. The topological polar surface area (TPSA) is 43.8 Å². The maximum absolute atomic E-state index is 5.46. The summed E-state index contributed by atoms with van der Waals surface area (Å²) in [6, 6.07) is 0. The van der Waals surface area contributed by atoms with Crippen molar-refractivity contribution in [3.05, 3.63) is 17.0 Å². The van der Waals surface area contributed by atoms with Crippen molar-refractivity contribution in [1.29, 1.82) is 0 Å². The fourth-order valence-corrected chi connectivity index (χ4v) is 1.77. The molecule has 0 aliphatic heterocycles. The number of rotatable bonds is 4. The Labute approximate surface area is 90.3 Å². The summed E-state index contributed by atoms with van der Waals surface area (Å²) in [5, 5.41) is 4.45. The zero-order chi connectivity index (χ0) is 10.7. The second-order valence-corrected chi connectivity index (χ2v) is 3.97. The average Bonchev–Trinajstić information content (AvgIpc) is 2.38. The highest BCUT2D eigenvalue weighted by atomic mass is 32.1. The zero-order valence-corrected chi connectivity index (χ0v) is 9.82. The fourth-order valence-electron chi connectivity index (χ4n) is 1.68. The first-order valence-electron chi connectivity index (χ1n) is 4.87. The molecule has 0 radical (unpaired) electrons. The van der Waals surface area contributed by atoms with Gasteiger partial charge in [0.15, 0.2) is 0 Å². The Morgan fingerprint density at radius 1 is 1.50 bits per heavy atom. The summed E-state index contributed by atoms with van der Waals surface area (Å²) in [6.07, 6.45) is 1.76. The van der Waals surface area contributed by atoms with Crippen LogP contribution in [0.25, 0.3) is 0 Å². The molecule has 4 heteroatoms. The lowest BCUT2D eigenvalue weighted by Crippen LogP contribution is -2.13. The molecule has 14 heavy (non-hydrogen) atoms. The van der Waals surface area contributed by atoms with Gasteiger partial charge in [-0.25, -0.2) is 0 Å². The Morgan fingerprint density at radius 3 is 2.57 bits per heavy atom. The van der Waals surface area contributed by atoms with Gasteiger partial charge in [-0.15, -0.1) is 0 Å². The maximum atomic E-state index is 5.46. The number of nitrogens with zero attached hydrogens (tertiary/aromatic N) is 2. The van der Waals surface area contributed by atoms with Gasteiger partial charge >= 0.3 is 0 Å². The van der Waals surface area contributed by atoms with Crippen LogP contribution in [0.15, 0.2) is 0 Å². The molecule has 0 aliphatic carbocycles. The van der Waals surface area contributed by atoms with Crippen LogP contribution in [-0.2, 0) is 13.0 Å². The molecule has 1 aromatic heterocycles. The SMILES string of the molecule is CCc1c(C)nn(CCC(N)=S)c1C. The Bertz CT molecular complexity index is 341. The molecule has 78 valence electrons. The van der Waals surface area contributed by atoms with Gasteiger partial charge in [0, 0.05) is 18.7 Å².